The largest absolute Gasteiger partial charge is 0.480 e. The zero-order chi connectivity index (χ0) is 36.7. The molecule has 5 rings (SSSR count). The highest BCUT2D eigenvalue weighted by Crippen LogP contribution is 2.27. The maximum absolute atomic E-state index is 14.0. The van der Waals surface area contributed by atoms with Crippen LogP contribution in [0.1, 0.15) is 80.4 Å². The number of aryl methyl sites for hydroxylation is 2. The highest BCUT2D eigenvalue weighted by molar-refractivity contribution is 5.99. The first kappa shape index (κ1) is 36.9. The fourth-order valence-electron chi connectivity index (χ4n) is 6.28. The summed E-state index contributed by atoms with van der Waals surface area (Å²) in [6.07, 6.45) is 3.17. The van der Waals surface area contributed by atoms with E-state index in [1.54, 1.807) is 13.0 Å². The maximum Gasteiger partial charge on any atom is 0.259 e. The molecule has 0 radical (unpaired) electrons. The Morgan fingerprint density at radius 1 is 0.922 bits per heavy atom. The number of carbonyl (C=O) groups is 5. The molecule has 15 nitrogen and oxygen atoms in total. The molecule has 5 amide bonds. The number of ether oxygens (including phenoxy) is 1. The van der Waals surface area contributed by atoms with Crippen LogP contribution in [0.25, 0.3) is 11.4 Å². The minimum absolute atomic E-state index is 0.0464. The SMILES string of the molecule is COc1nc2c(cc1C(=O)N1CCCNC(=O)Cn3nc(-c4ccccc4)nc3[C@H](C)NC(=O)[C@@H](CC(C)C)NC(=O)[C@@H](C)NC(=O)C1)CCC2. The molecular weight excluding hydrogens is 654 g/mol. The minimum atomic E-state index is -1.01. The molecule has 1 aliphatic carbocycles. The van der Waals surface area contributed by atoms with E-state index < -0.39 is 41.8 Å². The second-order valence-corrected chi connectivity index (χ2v) is 13.5. The molecule has 0 saturated heterocycles. The standard InChI is InChI=1S/C36H47N9O6/c1-21(2)17-28-34(49)39-22(3)32-42-31(24-11-7-6-8-12-24)43-45(32)20-29(46)37-15-10-16-44(19-30(47)38-23(4)33(48)40-28)36(50)26-18-25-13-9-14-27(25)41-35(26)51-5/h6-8,11-12,18,21-23,28H,9-10,13-17,19-20H2,1-5H3,(H,37,46)(H,38,47)(H,39,49)(H,40,48)/t22-,23+,28+/m0/s1. The molecule has 51 heavy (non-hydrogen) atoms. The van der Waals surface area contributed by atoms with Crippen molar-refractivity contribution in [2.45, 2.75) is 84.5 Å². The summed E-state index contributed by atoms with van der Waals surface area (Å²) >= 11 is 0. The lowest BCUT2D eigenvalue weighted by molar-refractivity contribution is -0.132. The fraction of sp³-hybridized carbons (Fsp3) is 0.500. The van der Waals surface area contributed by atoms with Crippen LogP contribution in [0.4, 0.5) is 0 Å². The average Bonchev–Trinajstić information content (AvgIpc) is 3.75. The third-order valence-electron chi connectivity index (χ3n) is 8.87. The smallest absolute Gasteiger partial charge is 0.259 e. The fourth-order valence-corrected chi connectivity index (χ4v) is 6.28. The van der Waals surface area contributed by atoms with E-state index in [0.717, 1.165) is 36.1 Å². The first-order chi connectivity index (χ1) is 24.4. The Hall–Kier alpha value is -5.34. The van der Waals surface area contributed by atoms with Gasteiger partial charge in [-0.1, -0.05) is 44.2 Å². The molecule has 0 bridgehead atoms. The molecule has 0 fully saturated rings. The maximum atomic E-state index is 14.0. The number of hydrogen-bond acceptors (Lipinski definition) is 9. The van der Waals surface area contributed by atoms with Crippen LogP contribution >= 0.6 is 0 Å². The number of benzene rings is 1. The van der Waals surface area contributed by atoms with E-state index in [2.05, 4.69) is 31.3 Å². The molecule has 3 heterocycles. The van der Waals surface area contributed by atoms with Crippen LogP contribution in [0.15, 0.2) is 36.4 Å². The van der Waals surface area contributed by atoms with Crippen LogP contribution < -0.4 is 26.0 Å². The highest BCUT2D eigenvalue weighted by atomic mass is 16.5. The van der Waals surface area contributed by atoms with Crippen molar-refractivity contribution in [1.29, 1.82) is 0 Å². The van der Waals surface area contributed by atoms with Gasteiger partial charge in [0.2, 0.25) is 29.5 Å². The van der Waals surface area contributed by atoms with E-state index in [4.69, 9.17) is 9.72 Å². The Balaban J connectivity index is 1.43. The number of hydrogen-bond donors (Lipinski definition) is 4. The first-order valence-corrected chi connectivity index (χ1v) is 17.5. The van der Waals surface area contributed by atoms with E-state index in [1.165, 1.54) is 23.6 Å². The summed E-state index contributed by atoms with van der Waals surface area (Å²) in [6.45, 7) is 6.90. The average molecular weight is 702 g/mol. The van der Waals surface area contributed by atoms with Crippen molar-refractivity contribution in [3.05, 3.63) is 59.0 Å². The molecule has 0 saturated carbocycles. The van der Waals surface area contributed by atoms with Gasteiger partial charge in [-0.3, -0.25) is 24.0 Å². The van der Waals surface area contributed by atoms with E-state index in [1.807, 2.05) is 44.2 Å². The van der Waals surface area contributed by atoms with E-state index in [-0.39, 0.29) is 49.4 Å². The summed E-state index contributed by atoms with van der Waals surface area (Å²) in [6, 6.07) is 8.47. The zero-order valence-electron chi connectivity index (χ0n) is 29.8. The number of aromatic nitrogens is 4. The minimum Gasteiger partial charge on any atom is -0.480 e. The van der Waals surface area contributed by atoms with E-state index in [9.17, 15) is 24.0 Å². The van der Waals surface area contributed by atoms with Gasteiger partial charge in [-0.05, 0) is 63.5 Å². The lowest BCUT2D eigenvalue weighted by atomic mass is 10.0. The van der Waals surface area contributed by atoms with Gasteiger partial charge in [-0.2, -0.15) is 5.10 Å². The summed E-state index contributed by atoms with van der Waals surface area (Å²) in [5.41, 5.74) is 2.84. The van der Waals surface area contributed by atoms with E-state index >= 15 is 0 Å². The van der Waals surface area contributed by atoms with Crippen molar-refractivity contribution >= 4 is 29.5 Å². The Bertz CT molecular complexity index is 1760. The summed E-state index contributed by atoms with van der Waals surface area (Å²) in [4.78, 5) is 78.1. The quantitative estimate of drug-likeness (QED) is 0.307. The van der Waals surface area contributed by atoms with Crippen molar-refractivity contribution in [2.75, 3.05) is 26.7 Å². The molecule has 3 aromatic rings. The number of carbonyl (C=O) groups excluding carboxylic acids is 5. The Kier molecular flexibility index (Phi) is 12.0. The van der Waals surface area contributed by atoms with E-state index in [0.29, 0.717) is 24.5 Å². The molecule has 0 spiro atoms. The number of pyridine rings is 1. The predicted molar refractivity (Wildman–Crippen MR) is 187 cm³/mol. The highest BCUT2D eigenvalue weighted by Gasteiger charge is 2.30. The Labute approximate surface area is 297 Å². The lowest BCUT2D eigenvalue weighted by Gasteiger charge is -2.25. The number of nitrogens with zero attached hydrogens (tertiary/aromatic N) is 5. The Morgan fingerprint density at radius 3 is 2.41 bits per heavy atom. The van der Waals surface area contributed by atoms with Gasteiger partial charge in [0.05, 0.1) is 19.7 Å². The van der Waals surface area contributed by atoms with Gasteiger partial charge in [0.1, 0.15) is 30.0 Å². The van der Waals surface area contributed by atoms with Gasteiger partial charge < -0.3 is 30.9 Å². The summed E-state index contributed by atoms with van der Waals surface area (Å²) in [5, 5.41) is 15.9. The third-order valence-corrected chi connectivity index (χ3v) is 8.87. The monoisotopic (exact) mass is 701 g/mol. The topological polar surface area (TPSA) is 190 Å². The van der Waals surface area contributed by atoms with Gasteiger partial charge in [0, 0.05) is 24.3 Å². The van der Waals surface area contributed by atoms with Crippen LogP contribution in [0.5, 0.6) is 5.88 Å². The van der Waals surface area contributed by atoms with Crippen molar-refractivity contribution in [1.82, 2.24) is 45.9 Å². The normalized spacial score (nSPS) is 20.9. The van der Waals surface area contributed by atoms with Crippen LogP contribution in [0.3, 0.4) is 0 Å². The summed E-state index contributed by atoms with van der Waals surface area (Å²) < 4.78 is 6.94. The van der Waals surface area contributed by atoms with Crippen molar-refractivity contribution in [2.24, 2.45) is 5.92 Å². The zero-order valence-corrected chi connectivity index (χ0v) is 29.8. The number of fused-ring (bicyclic) bond motifs is 2. The molecule has 15 heteroatoms. The number of nitrogens with one attached hydrogen (secondary N) is 4. The van der Waals surface area contributed by atoms with Crippen LogP contribution in [0, 0.1) is 5.92 Å². The number of methoxy groups -OCH3 is 1. The summed E-state index contributed by atoms with van der Waals surface area (Å²) in [7, 11) is 1.45. The molecule has 4 N–H and O–H groups in total. The molecule has 3 atom stereocenters. The third kappa shape index (κ3) is 9.27. The van der Waals surface area contributed by atoms with Crippen molar-refractivity contribution < 1.29 is 28.7 Å². The van der Waals surface area contributed by atoms with Crippen molar-refractivity contribution in [3.63, 3.8) is 0 Å². The van der Waals surface area contributed by atoms with Gasteiger partial charge in [0.15, 0.2) is 5.82 Å². The summed E-state index contributed by atoms with van der Waals surface area (Å²) in [5.74, 6) is -1.40. The first-order valence-electron chi connectivity index (χ1n) is 17.5. The van der Waals surface area contributed by atoms with Crippen LogP contribution in [-0.4, -0.2) is 93.0 Å². The van der Waals surface area contributed by atoms with Gasteiger partial charge in [-0.25, -0.2) is 14.6 Å². The van der Waals surface area contributed by atoms with Gasteiger partial charge >= 0.3 is 0 Å². The molecule has 2 aromatic heterocycles. The molecule has 2 aliphatic rings. The van der Waals surface area contributed by atoms with Gasteiger partial charge in [-0.15, -0.1) is 0 Å². The van der Waals surface area contributed by atoms with Gasteiger partial charge in [0.25, 0.3) is 5.91 Å². The second kappa shape index (κ2) is 16.6. The van der Waals surface area contributed by atoms with Crippen LogP contribution in [0.2, 0.25) is 0 Å². The van der Waals surface area contributed by atoms with Crippen LogP contribution in [-0.2, 0) is 38.6 Å². The molecule has 272 valence electrons. The molecule has 1 aliphatic heterocycles. The molecule has 1 aromatic carbocycles. The number of rotatable bonds is 5. The molecular formula is C36H47N9O6. The van der Waals surface area contributed by atoms with Crippen molar-refractivity contribution in [3.8, 4) is 17.3 Å². The second-order valence-electron chi connectivity index (χ2n) is 13.5. The molecule has 0 unspecified atom stereocenters. The Morgan fingerprint density at radius 2 is 1.69 bits per heavy atom. The lowest BCUT2D eigenvalue weighted by Crippen LogP contribution is -2.54. The number of amides is 5. The predicted octanol–water partition coefficient (Wildman–Crippen LogP) is 1.71.